The highest BCUT2D eigenvalue weighted by Gasteiger charge is 2.20. The van der Waals surface area contributed by atoms with E-state index in [1.165, 1.54) is 0 Å². The summed E-state index contributed by atoms with van der Waals surface area (Å²) < 4.78 is 65.7. The molecule has 1 aromatic heterocycles. The number of nitrogen functional groups attached to an aromatic ring is 1. The van der Waals surface area contributed by atoms with E-state index in [9.17, 15) is 22.0 Å². The first-order chi connectivity index (χ1) is 8.90. The minimum absolute atomic E-state index is 0.0283. The third-order valence-electron chi connectivity index (χ3n) is 2.12. The van der Waals surface area contributed by atoms with Crippen LogP contribution in [0.15, 0.2) is 12.3 Å². The van der Waals surface area contributed by atoms with Crippen molar-refractivity contribution < 1.29 is 22.0 Å². The molecule has 0 aliphatic rings. The van der Waals surface area contributed by atoms with E-state index in [0.29, 0.717) is 6.20 Å². The Hall–Kier alpha value is -2.45. The summed E-state index contributed by atoms with van der Waals surface area (Å²) in [6.07, 6.45) is 0.635. The average molecular weight is 276 g/mol. The molecule has 0 bridgehead atoms. The van der Waals surface area contributed by atoms with E-state index in [1.807, 2.05) is 0 Å². The van der Waals surface area contributed by atoms with Gasteiger partial charge in [-0.2, -0.15) is 4.98 Å². The SMILES string of the molecule is Nc1ncc(F)c(Nc2c(F)c(F)cc(F)c2F)n1. The second kappa shape index (κ2) is 4.67. The van der Waals surface area contributed by atoms with E-state index >= 15 is 0 Å². The molecule has 2 rings (SSSR count). The van der Waals surface area contributed by atoms with Crippen molar-refractivity contribution in [3.63, 3.8) is 0 Å². The smallest absolute Gasteiger partial charge is 0.222 e. The van der Waals surface area contributed by atoms with Crippen LogP contribution in [-0.4, -0.2) is 9.97 Å². The van der Waals surface area contributed by atoms with Gasteiger partial charge in [0.25, 0.3) is 0 Å². The van der Waals surface area contributed by atoms with Gasteiger partial charge in [-0.15, -0.1) is 0 Å². The molecule has 2 aromatic rings. The molecule has 4 nitrogen and oxygen atoms in total. The van der Waals surface area contributed by atoms with Crippen LogP contribution in [-0.2, 0) is 0 Å². The maximum atomic E-state index is 13.3. The standard InChI is InChI=1S/C10H5F5N4/c11-3-1-4(12)7(15)8(6(3)14)18-9-5(13)2-17-10(16)19-9/h1-2H,(H3,16,17,18,19). The number of hydrogen-bond acceptors (Lipinski definition) is 4. The van der Waals surface area contributed by atoms with Gasteiger partial charge in [-0.1, -0.05) is 0 Å². The Bertz CT molecular complexity index is 620. The van der Waals surface area contributed by atoms with Crippen molar-refractivity contribution in [3.05, 3.63) is 41.3 Å². The molecule has 9 heteroatoms. The molecule has 0 atom stereocenters. The predicted octanol–water partition coefficient (Wildman–Crippen LogP) is 2.50. The van der Waals surface area contributed by atoms with Crippen LogP contribution in [0.2, 0.25) is 0 Å². The van der Waals surface area contributed by atoms with Crippen LogP contribution in [0.5, 0.6) is 0 Å². The van der Waals surface area contributed by atoms with Gasteiger partial charge in [-0.3, -0.25) is 0 Å². The van der Waals surface area contributed by atoms with Crippen LogP contribution < -0.4 is 11.1 Å². The molecular formula is C10H5F5N4. The number of benzene rings is 1. The summed E-state index contributed by atoms with van der Waals surface area (Å²) in [5, 5.41) is 1.80. The molecule has 0 radical (unpaired) electrons. The highest BCUT2D eigenvalue weighted by atomic mass is 19.2. The lowest BCUT2D eigenvalue weighted by Gasteiger charge is -2.10. The maximum Gasteiger partial charge on any atom is 0.222 e. The van der Waals surface area contributed by atoms with E-state index in [-0.39, 0.29) is 12.0 Å². The van der Waals surface area contributed by atoms with Crippen LogP contribution in [0, 0.1) is 29.1 Å². The topological polar surface area (TPSA) is 63.8 Å². The molecule has 19 heavy (non-hydrogen) atoms. The van der Waals surface area contributed by atoms with Gasteiger partial charge in [0.2, 0.25) is 5.95 Å². The molecule has 3 N–H and O–H groups in total. The van der Waals surface area contributed by atoms with Crippen molar-refractivity contribution in [2.24, 2.45) is 0 Å². The predicted molar refractivity (Wildman–Crippen MR) is 56.0 cm³/mol. The van der Waals surface area contributed by atoms with Gasteiger partial charge in [0.1, 0.15) is 5.69 Å². The molecule has 0 unspecified atom stereocenters. The van der Waals surface area contributed by atoms with Crippen LogP contribution in [0.1, 0.15) is 0 Å². The number of nitrogens with zero attached hydrogens (tertiary/aromatic N) is 2. The molecule has 100 valence electrons. The molecule has 1 aromatic carbocycles. The number of aromatic nitrogens is 2. The molecule has 0 saturated carbocycles. The van der Waals surface area contributed by atoms with Crippen molar-refractivity contribution >= 4 is 17.5 Å². The fraction of sp³-hybridized carbons (Fsp3) is 0. The van der Waals surface area contributed by atoms with Crippen LogP contribution in [0.3, 0.4) is 0 Å². The second-order valence-corrected chi connectivity index (χ2v) is 3.39. The highest BCUT2D eigenvalue weighted by Crippen LogP contribution is 2.27. The van der Waals surface area contributed by atoms with Crippen molar-refractivity contribution in [2.75, 3.05) is 11.1 Å². The van der Waals surface area contributed by atoms with E-state index in [2.05, 4.69) is 9.97 Å². The van der Waals surface area contributed by atoms with Gasteiger partial charge in [-0.05, 0) is 0 Å². The Morgan fingerprint density at radius 2 is 1.53 bits per heavy atom. The van der Waals surface area contributed by atoms with Gasteiger partial charge < -0.3 is 11.1 Å². The fourth-order valence-corrected chi connectivity index (χ4v) is 1.27. The lowest BCUT2D eigenvalue weighted by atomic mass is 10.2. The number of hydrogen-bond donors (Lipinski definition) is 2. The van der Waals surface area contributed by atoms with E-state index in [4.69, 9.17) is 5.73 Å². The van der Waals surface area contributed by atoms with Crippen molar-refractivity contribution in [1.29, 1.82) is 0 Å². The minimum Gasteiger partial charge on any atom is -0.368 e. The first kappa shape index (κ1) is 13.0. The summed E-state index contributed by atoms with van der Waals surface area (Å²) in [6, 6.07) is 0.0283. The lowest BCUT2D eigenvalue weighted by Crippen LogP contribution is -2.07. The Labute approximate surface area is 103 Å². The Balaban J connectivity index is 2.52. The highest BCUT2D eigenvalue weighted by molar-refractivity contribution is 5.59. The zero-order valence-electron chi connectivity index (χ0n) is 9.02. The summed E-state index contributed by atoms with van der Waals surface area (Å²) in [6.45, 7) is 0. The van der Waals surface area contributed by atoms with Crippen LogP contribution in [0.25, 0.3) is 0 Å². The molecule has 0 fully saturated rings. The molecular weight excluding hydrogens is 271 g/mol. The van der Waals surface area contributed by atoms with Crippen molar-refractivity contribution in [3.8, 4) is 0 Å². The summed E-state index contributed by atoms with van der Waals surface area (Å²) in [5.74, 6) is -8.90. The minimum atomic E-state index is -1.71. The number of nitrogens with one attached hydrogen (secondary N) is 1. The maximum absolute atomic E-state index is 13.3. The summed E-state index contributed by atoms with van der Waals surface area (Å²) in [7, 11) is 0. The van der Waals surface area contributed by atoms with E-state index in [0.717, 1.165) is 0 Å². The molecule has 1 heterocycles. The van der Waals surface area contributed by atoms with Crippen molar-refractivity contribution in [2.45, 2.75) is 0 Å². The third-order valence-corrected chi connectivity index (χ3v) is 2.12. The molecule has 0 saturated heterocycles. The second-order valence-electron chi connectivity index (χ2n) is 3.39. The zero-order chi connectivity index (χ0) is 14.2. The lowest BCUT2D eigenvalue weighted by molar-refractivity contribution is 0.459. The first-order valence-corrected chi connectivity index (χ1v) is 4.78. The Morgan fingerprint density at radius 1 is 0.947 bits per heavy atom. The summed E-state index contributed by atoms with van der Waals surface area (Å²) in [5.41, 5.74) is 3.94. The quantitative estimate of drug-likeness (QED) is 0.653. The number of anilines is 3. The average Bonchev–Trinajstić information content (AvgIpc) is 2.36. The fourth-order valence-electron chi connectivity index (χ4n) is 1.27. The van der Waals surface area contributed by atoms with Gasteiger partial charge in [0, 0.05) is 6.07 Å². The summed E-state index contributed by atoms with van der Waals surface area (Å²) in [4.78, 5) is 6.59. The first-order valence-electron chi connectivity index (χ1n) is 4.78. The van der Waals surface area contributed by atoms with Gasteiger partial charge in [0.15, 0.2) is 34.9 Å². The zero-order valence-corrected chi connectivity index (χ0v) is 9.02. The molecule has 0 aliphatic heterocycles. The third kappa shape index (κ3) is 2.39. The van der Waals surface area contributed by atoms with Crippen LogP contribution >= 0.6 is 0 Å². The Morgan fingerprint density at radius 3 is 2.11 bits per heavy atom. The largest absolute Gasteiger partial charge is 0.368 e. The monoisotopic (exact) mass is 276 g/mol. The summed E-state index contributed by atoms with van der Waals surface area (Å²) >= 11 is 0. The number of nitrogens with two attached hydrogens (primary N) is 1. The van der Waals surface area contributed by atoms with Gasteiger partial charge in [0.05, 0.1) is 6.20 Å². The van der Waals surface area contributed by atoms with Gasteiger partial charge in [-0.25, -0.2) is 26.9 Å². The molecule has 0 amide bonds. The molecule has 0 spiro atoms. The van der Waals surface area contributed by atoms with Crippen LogP contribution in [0.4, 0.5) is 39.4 Å². The number of rotatable bonds is 2. The van der Waals surface area contributed by atoms with Gasteiger partial charge >= 0.3 is 0 Å². The van der Waals surface area contributed by atoms with E-state index < -0.39 is 40.6 Å². The van der Waals surface area contributed by atoms with Crippen molar-refractivity contribution in [1.82, 2.24) is 9.97 Å². The Kier molecular flexibility index (Phi) is 3.19. The number of halogens is 5. The normalized spacial score (nSPS) is 10.6. The molecule has 0 aliphatic carbocycles. The van der Waals surface area contributed by atoms with E-state index in [1.54, 1.807) is 5.32 Å².